The van der Waals surface area contributed by atoms with Crippen LogP contribution in [0.25, 0.3) is 12.2 Å². The minimum absolute atomic E-state index is 0.0769. The number of allylic oxidation sites excluding steroid dienone is 3. The zero-order valence-electron chi connectivity index (χ0n) is 25.1. The Morgan fingerprint density at radius 1 is 1.10 bits per heavy atom. The van der Waals surface area contributed by atoms with Crippen molar-refractivity contribution in [3.05, 3.63) is 70.8 Å². The molecule has 41 heavy (non-hydrogen) atoms. The van der Waals surface area contributed by atoms with Gasteiger partial charge in [0.25, 0.3) is 0 Å². The Morgan fingerprint density at radius 2 is 1.78 bits per heavy atom. The van der Waals surface area contributed by atoms with Crippen LogP contribution >= 0.6 is 0 Å². The van der Waals surface area contributed by atoms with Crippen molar-refractivity contribution >= 4 is 24.1 Å². The zero-order chi connectivity index (χ0) is 30.5. The lowest BCUT2D eigenvalue weighted by atomic mass is 9.80. The quantitative estimate of drug-likeness (QED) is 0.119. The van der Waals surface area contributed by atoms with Crippen LogP contribution in [0.2, 0.25) is 0 Å². The van der Waals surface area contributed by atoms with Gasteiger partial charge in [-0.2, -0.15) is 0 Å². The molecule has 1 aromatic rings. The number of hydrogen-bond acceptors (Lipinski definition) is 6. The van der Waals surface area contributed by atoms with Gasteiger partial charge in [0, 0.05) is 24.8 Å². The fourth-order valence-electron chi connectivity index (χ4n) is 5.01. The first kappa shape index (κ1) is 34.2. The van der Waals surface area contributed by atoms with E-state index < -0.39 is 24.3 Å². The van der Waals surface area contributed by atoms with Crippen LogP contribution in [0.3, 0.4) is 0 Å². The fourth-order valence-corrected chi connectivity index (χ4v) is 5.01. The number of ether oxygens (including phenoxy) is 1. The van der Waals surface area contributed by atoms with E-state index in [0.717, 1.165) is 23.1 Å². The van der Waals surface area contributed by atoms with Gasteiger partial charge in [0.1, 0.15) is 6.10 Å². The predicted molar refractivity (Wildman–Crippen MR) is 163 cm³/mol. The monoisotopic (exact) mass is 568 g/mol. The van der Waals surface area contributed by atoms with Crippen molar-refractivity contribution in [3.8, 4) is 0 Å². The van der Waals surface area contributed by atoms with E-state index in [1.54, 1.807) is 19.9 Å². The smallest absolute Gasteiger partial charge is 0.331 e. The van der Waals surface area contributed by atoms with Gasteiger partial charge in [-0.15, -0.1) is 0 Å². The van der Waals surface area contributed by atoms with E-state index in [9.17, 15) is 30.0 Å². The molecule has 0 aliphatic carbocycles. The van der Waals surface area contributed by atoms with Gasteiger partial charge in [-0.05, 0) is 74.1 Å². The highest BCUT2D eigenvalue weighted by Crippen LogP contribution is 2.32. The van der Waals surface area contributed by atoms with E-state index in [1.165, 1.54) is 6.08 Å². The van der Waals surface area contributed by atoms with E-state index in [0.29, 0.717) is 24.8 Å². The summed E-state index contributed by atoms with van der Waals surface area (Å²) in [5.74, 6) is -1.13. The van der Waals surface area contributed by atoms with Gasteiger partial charge in [-0.25, -0.2) is 4.79 Å². The summed E-state index contributed by atoms with van der Waals surface area (Å²) < 4.78 is 5.68. The van der Waals surface area contributed by atoms with Crippen LogP contribution < -0.4 is 0 Å². The number of carboxylic acid groups (broad SMARTS) is 1. The predicted octanol–water partition coefficient (Wildman–Crippen LogP) is 5.95. The van der Waals surface area contributed by atoms with Crippen molar-refractivity contribution in [1.29, 1.82) is 0 Å². The summed E-state index contributed by atoms with van der Waals surface area (Å²) in [6.07, 6.45) is 10.9. The van der Waals surface area contributed by atoms with Crippen LogP contribution in [0, 0.1) is 17.8 Å². The number of hydrogen-bond donors (Lipinski definition) is 4. The van der Waals surface area contributed by atoms with Crippen molar-refractivity contribution in [2.24, 2.45) is 17.8 Å². The maximum atomic E-state index is 12.5. The number of aliphatic carboxylic acids is 1. The van der Waals surface area contributed by atoms with Crippen molar-refractivity contribution < 1.29 is 34.8 Å². The number of cyclic esters (lactones) is 1. The lowest BCUT2D eigenvalue weighted by molar-refractivity contribution is -0.151. The molecule has 0 aromatic heterocycles. The van der Waals surface area contributed by atoms with Gasteiger partial charge >= 0.3 is 11.9 Å². The first-order valence-electron chi connectivity index (χ1n) is 14.7. The van der Waals surface area contributed by atoms with Gasteiger partial charge in [-0.3, -0.25) is 4.79 Å². The Balaban J connectivity index is 2.26. The number of aliphatic hydroxyl groups excluding tert-OH is 3. The third-order valence-electron chi connectivity index (χ3n) is 7.48. The van der Waals surface area contributed by atoms with Crippen LogP contribution in [-0.2, 0) is 14.3 Å². The summed E-state index contributed by atoms with van der Waals surface area (Å²) >= 11 is 0. The number of carbonyl (C=O) groups is 2. The van der Waals surface area contributed by atoms with E-state index >= 15 is 0 Å². The Labute approximate surface area is 244 Å². The van der Waals surface area contributed by atoms with E-state index in [2.05, 4.69) is 13.0 Å². The van der Waals surface area contributed by atoms with Gasteiger partial charge in [0.05, 0.1) is 18.3 Å². The molecule has 0 saturated carbocycles. The summed E-state index contributed by atoms with van der Waals surface area (Å²) in [6.45, 7) is 9.51. The number of carboxylic acids is 1. The molecule has 4 N–H and O–H groups in total. The summed E-state index contributed by atoms with van der Waals surface area (Å²) in [5.41, 5.74) is 2.67. The standard InChI is InChI=1S/C34H48O7/c1-22(2)32-14-7-6-10-24(4)28(13-9-15-33(38)41-32)29(34(39)40)21-27-12-8-11-26(20-27)17-16-23(3)18-30(36)31(37)19-25(5)35/h6-8,11-12,16-18,20-22,24-25,28,30-32,35-37H,9-10,13-15,19H2,1-5H3,(H,39,40)/b7-6+,17-16+,23-18+,29-21+/t24-,25-,28-,30-,31-,32+/m0/s1. The van der Waals surface area contributed by atoms with Crippen LogP contribution in [0.5, 0.6) is 0 Å². The third kappa shape index (κ3) is 12.2. The second kappa shape index (κ2) is 17.1. The van der Waals surface area contributed by atoms with Gasteiger partial charge in [0.2, 0.25) is 0 Å². The highest BCUT2D eigenvalue weighted by Gasteiger charge is 2.27. The molecule has 1 aliphatic rings. The van der Waals surface area contributed by atoms with Gasteiger partial charge in [0.15, 0.2) is 0 Å². The second-order valence-corrected chi connectivity index (χ2v) is 11.7. The van der Waals surface area contributed by atoms with Crippen LogP contribution in [0.1, 0.15) is 84.3 Å². The van der Waals surface area contributed by atoms with Crippen molar-refractivity contribution in [2.45, 2.75) is 97.6 Å². The Hall–Kier alpha value is -3.00. The SMILES string of the molecule is CC(/C=C/c1cccc(/C=C(/C(=O)O)[C@H]2CCCC(=O)O[C@@H](C(C)C)C/C=C/C[C@@H]2C)c1)=C\[C@H](O)[C@@H](O)C[C@H](C)O. The lowest BCUT2D eigenvalue weighted by Crippen LogP contribution is -2.27. The molecule has 0 fully saturated rings. The van der Waals surface area contributed by atoms with Gasteiger partial charge < -0.3 is 25.2 Å². The average Bonchev–Trinajstić information content (AvgIpc) is 2.89. The normalized spacial score (nSPS) is 24.7. The van der Waals surface area contributed by atoms with Crippen LogP contribution in [0.4, 0.5) is 0 Å². The largest absolute Gasteiger partial charge is 0.478 e. The van der Waals surface area contributed by atoms with Gasteiger partial charge in [-0.1, -0.05) is 74.9 Å². The molecular weight excluding hydrogens is 520 g/mol. The zero-order valence-corrected chi connectivity index (χ0v) is 25.1. The number of rotatable bonds is 10. The number of aliphatic hydroxyl groups is 3. The molecule has 1 aromatic carbocycles. The van der Waals surface area contributed by atoms with E-state index in [-0.39, 0.29) is 42.7 Å². The molecule has 7 nitrogen and oxygen atoms in total. The maximum Gasteiger partial charge on any atom is 0.331 e. The minimum atomic E-state index is -1.09. The third-order valence-corrected chi connectivity index (χ3v) is 7.48. The Kier molecular flexibility index (Phi) is 14.2. The first-order chi connectivity index (χ1) is 19.4. The molecule has 2 rings (SSSR count). The number of benzene rings is 1. The maximum absolute atomic E-state index is 12.5. The molecule has 1 heterocycles. The van der Waals surface area contributed by atoms with E-state index in [1.807, 2.05) is 56.3 Å². The van der Waals surface area contributed by atoms with Crippen LogP contribution in [0.15, 0.2) is 59.7 Å². The minimum Gasteiger partial charge on any atom is -0.478 e. The molecule has 0 bridgehead atoms. The second-order valence-electron chi connectivity index (χ2n) is 11.7. The summed E-state index contributed by atoms with van der Waals surface area (Å²) in [4.78, 5) is 24.9. The average molecular weight is 569 g/mol. The molecule has 0 radical (unpaired) electrons. The lowest BCUT2D eigenvalue weighted by Gasteiger charge is -2.26. The highest BCUT2D eigenvalue weighted by molar-refractivity contribution is 5.93. The molecular formula is C34H48O7. The molecule has 0 saturated heterocycles. The number of carbonyl (C=O) groups excluding carboxylic acids is 1. The summed E-state index contributed by atoms with van der Waals surface area (Å²) in [5, 5.41) is 39.8. The highest BCUT2D eigenvalue weighted by atomic mass is 16.5. The molecule has 7 heteroatoms. The van der Waals surface area contributed by atoms with Crippen molar-refractivity contribution in [1.82, 2.24) is 0 Å². The summed E-state index contributed by atoms with van der Waals surface area (Å²) in [6, 6.07) is 7.52. The molecule has 0 spiro atoms. The molecule has 226 valence electrons. The molecule has 0 amide bonds. The van der Waals surface area contributed by atoms with E-state index in [4.69, 9.17) is 4.74 Å². The summed E-state index contributed by atoms with van der Waals surface area (Å²) in [7, 11) is 0. The fraction of sp³-hybridized carbons (Fsp3) is 0.529. The molecule has 6 atom stereocenters. The van der Waals surface area contributed by atoms with Crippen molar-refractivity contribution in [3.63, 3.8) is 0 Å². The Bertz CT molecular complexity index is 1110. The Morgan fingerprint density at radius 3 is 2.44 bits per heavy atom. The first-order valence-corrected chi connectivity index (χ1v) is 14.7. The van der Waals surface area contributed by atoms with Crippen LogP contribution in [-0.4, -0.2) is 56.8 Å². The molecule has 1 aliphatic heterocycles. The number of esters is 1. The van der Waals surface area contributed by atoms with Crippen molar-refractivity contribution in [2.75, 3.05) is 0 Å². The topological polar surface area (TPSA) is 124 Å². The molecule has 0 unspecified atom stereocenters.